The molecule has 0 saturated carbocycles. The molecule has 3 heteroatoms. The Hall–Kier alpha value is -0.580. The molecule has 1 heterocycles. The van der Waals surface area contributed by atoms with E-state index in [0.717, 1.165) is 6.42 Å². The fourth-order valence-corrected chi connectivity index (χ4v) is 2.56. The number of nitrogens with one attached hydrogen (secondary N) is 1. The summed E-state index contributed by atoms with van der Waals surface area (Å²) < 4.78 is 0.333. The average Bonchev–Trinajstić information content (AvgIpc) is 2.87. The van der Waals surface area contributed by atoms with Crippen LogP contribution in [0.3, 0.4) is 0 Å². The first kappa shape index (κ1) is 11.9. The molecule has 2 rings (SSSR count). The van der Waals surface area contributed by atoms with Crippen LogP contribution in [0.1, 0.15) is 26.2 Å². The van der Waals surface area contributed by atoms with Gasteiger partial charge in [0.05, 0.1) is 11.9 Å². The molecule has 0 radical (unpaired) electrons. The summed E-state index contributed by atoms with van der Waals surface area (Å²) in [6, 6.07) is 0.356. The van der Waals surface area contributed by atoms with Crippen molar-refractivity contribution in [3.63, 3.8) is 0 Å². The molecular formula is C13H17IN2. The summed E-state index contributed by atoms with van der Waals surface area (Å²) in [4.78, 5) is 4.65. The molecule has 0 amide bonds. The van der Waals surface area contributed by atoms with Crippen LogP contribution in [0, 0.1) is 0 Å². The highest BCUT2D eigenvalue weighted by Gasteiger charge is 2.23. The van der Waals surface area contributed by atoms with Gasteiger partial charge in [0, 0.05) is 6.42 Å². The van der Waals surface area contributed by atoms with Gasteiger partial charge < -0.3 is 5.32 Å². The Labute approximate surface area is 111 Å². The summed E-state index contributed by atoms with van der Waals surface area (Å²) in [6.45, 7) is 2.21. The van der Waals surface area contributed by atoms with Crippen molar-refractivity contribution in [1.82, 2.24) is 5.32 Å². The lowest BCUT2D eigenvalue weighted by Crippen LogP contribution is -2.30. The van der Waals surface area contributed by atoms with Crippen molar-refractivity contribution < 1.29 is 0 Å². The molecule has 2 nitrogen and oxygen atoms in total. The fourth-order valence-electron chi connectivity index (χ4n) is 1.84. The number of amidine groups is 1. The lowest BCUT2D eigenvalue weighted by Gasteiger charge is -2.10. The van der Waals surface area contributed by atoms with Crippen LogP contribution in [0.25, 0.3) is 0 Å². The lowest BCUT2D eigenvalue weighted by molar-refractivity contribution is 0.759. The third-order valence-electron chi connectivity index (χ3n) is 2.74. The normalized spacial score (nSPS) is 27.1. The summed E-state index contributed by atoms with van der Waals surface area (Å²) in [7, 11) is 0. The van der Waals surface area contributed by atoms with Crippen molar-refractivity contribution >= 4 is 28.4 Å². The minimum absolute atomic E-state index is 0.333. The average molecular weight is 328 g/mol. The zero-order chi connectivity index (χ0) is 11.4. The van der Waals surface area contributed by atoms with Crippen molar-refractivity contribution in [2.45, 2.75) is 36.3 Å². The van der Waals surface area contributed by atoms with Crippen LogP contribution in [-0.4, -0.2) is 15.9 Å². The Balaban J connectivity index is 1.93. The van der Waals surface area contributed by atoms with E-state index in [4.69, 9.17) is 0 Å². The molecule has 0 bridgehead atoms. The van der Waals surface area contributed by atoms with Gasteiger partial charge in [-0.1, -0.05) is 66.3 Å². The molecule has 2 aliphatic rings. The summed E-state index contributed by atoms with van der Waals surface area (Å²) in [5.74, 6) is 1.18. The van der Waals surface area contributed by atoms with Crippen molar-refractivity contribution in [2.24, 2.45) is 4.99 Å². The first-order valence-electron chi connectivity index (χ1n) is 5.83. The summed E-state index contributed by atoms with van der Waals surface area (Å²) >= 11 is 2.40. The maximum absolute atomic E-state index is 4.65. The SMILES string of the molecule is CCCCC1=NC(I)C(C=C2C=CC=C2)N1. The van der Waals surface area contributed by atoms with E-state index in [0.29, 0.717) is 10.1 Å². The highest BCUT2D eigenvalue weighted by atomic mass is 127. The second-order valence-electron chi connectivity index (χ2n) is 4.11. The Kier molecular flexibility index (Phi) is 4.21. The van der Waals surface area contributed by atoms with E-state index in [1.54, 1.807) is 0 Å². The number of rotatable bonds is 4. The maximum atomic E-state index is 4.65. The van der Waals surface area contributed by atoms with E-state index in [1.807, 2.05) is 0 Å². The molecule has 0 aromatic heterocycles. The van der Waals surface area contributed by atoms with Gasteiger partial charge in [0.25, 0.3) is 0 Å². The predicted molar refractivity (Wildman–Crippen MR) is 78.1 cm³/mol. The number of unbranched alkanes of at least 4 members (excludes halogenated alkanes) is 1. The number of hydrogen-bond donors (Lipinski definition) is 1. The molecule has 2 unspecified atom stereocenters. The van der Waals surface area contributed by atoms with Gasteiger partial charge in [-0.2, -0.15) is 0 Å². The maximum Gasteiger partial charge on any atom is 0.127 e. The van der Waals surface area contributed by atoms with Crippen LogP contribution in [0.2, 0.25) is 0 Å². The number of hydrogen-bond acceptors (Lipinski definition) is 2. The van der Waals surface area contributed by atoms with Gasteiger partial charge in [-0.3, -0.25) is 4.99 Å². The van der Waals surface area contributed by atoms with Crippen LogP contribution >= 0.6 is 22.6 Å². The Morgan fingerprint density at radius 2 is 2.19 bits per heavy atom. The molecule has 86 valence electrons. The van der Waals surface area contributed by atoms with Crippen molar-refractivity contribution in [2.75, 3.05) is 0 Å². The minimum atomic E-state index is 0.333. The number of nitrogens with zero attached hydrogens (tertiary/aromatic N) is 1. The molecule has 2 atom stereocenters. The van der Waals surface area contributed by atoms with Gasteiger partial charge >= 0.3 is 0 Å². The topological polar surface area (TPSA) is 24.4 Å². The molecular weight excluding hydrogens is 311 g/mol. The Morgan fingerprint density at radius 3 is 2.88 bits per heavy atom. The molecule has 0 fully saturated rings. The highest BCUT2D eigenvalue weighted by molar-refractivity contribution is 14.1. The van der Waals surface area contributed by atoms with E-state index >= 15 is 0 Å². The first-order valence-corrected chi connectivity index (χ1v) is 7.08. The number of halogens is 1. The third kappa shape index (κ3) is 2.97. The van der Waals surface area contributed by atoms with Gasteiger partial charge in [-0.25, -0.2) is 0 Å². The molecule has 1 aliphatic heterocycles. The van der Waals surface area contributed by atoms with Gasteiger partial charge in [0.2, 0.25) is 0 Å². The van der Waals surface area contributed by atoms with Crippen LogP contribution in [-0.2, 0) is 0 Å². The largest absolute Gasteiger partial charge is 0.365 e. The Morgan fingerprint density at radius 1 is 1.44 bits per heavy atom. The second kappa shape index (κ2) is 5.66. The fraction of sp³-hybridized carbons (Fsp3) is 0.462. The molecule has 1 N–H and O–H groups in total. The summed E-state index contributed by atoms with van der Waals surface area (Å²) in [5, 5.41) is 3.50. The molecule has 16 heavy (non-hydrogen) atoms. The van der Waals surface area contributed by atoms with E-state index in [-0.39, 0.29) is 0 Å². The van der Waals surface area contributed by atoms with E-state index < -0.39 is 0 Å². The van der Waals surface area contributed by atoms with Gasteiger partial charge in [0.15, 0.2) is 0 Å². The van der Waals surface area contributed by atoms with Crippen LogP contribution in [0.15, 0.2) is 40.9 Å². The molecule has 0 spiro atoms. The lowest BCUT2D eigenvalue weighted by atomic mass is 10.2. The van der Waals surface area contributed by atoms with Gasteiger partial charge in [-0.15, -0.1) is 0 Å². The van der Waals surface area contributed by atoms with Crippen LogP contribution in [0.5, 0.6) is 0 Å². The Bertz CT molecular complexity index is 352. The zero-order valence-corrected chi connectivity index (χ0v) is 11.6. The van der Waals surface area contributed by atoms with E-state index in [2.05, 4.69) is 70.2 Å². The van der Waals surface area contributed by atoms with Crippen molar-refractivity contribution in [3.05, 3.63) is 36.0 Å². The van der Waals surface area contributed by atoms with Gasteiger partial charge in [-0.05, 0) is 12.0 Å². The standard InChI is InChI=1S/C13H17IN2/c1-2-3-8-12-15-11(13(14)16-12)9-10-6-4-5-7-10/h4-7,9,11,13H,2-3,8H2,1H3,(H,15,16). The summed E-state index contributed by atoms with van der Waals surface area (Å²) in [6.07, 6.45) is 14.2. The van der Waals surface area contributed by atoms with Crippen LogP contribution in [0.4, 0.5) is 0 Å². The second-order valence-corrected chi connectivity index (χ2v) is 5.38. The van der Waals surface area contributed by atoms with E-state index in [1.165, 1.54) is 24.3 Å². The smallest absolute Gasteiger partial charge is 0.127 e. The number of aliphatic imine (C=N–C) groups is 1. The molecule has 0 aromatic rings. The number of alkyl halides is 1. The van der Waals surface area contributed by atoms with Crippen molar-refractivity contribution in [3.8, 4) is 0 Å². The summed E-state index contributed by atoms with van der Waals surface area (Å²) in [5.41, 5.74) is 1.28. The molecule has 0 aromatic carbocycles. The highest BCUT2D eigenvalue weighted by Crippen LogP contribution is 2.20. The van der Waals surface area contributed by atoms with Crippen molar-refractivity contribution in [1.29, 1.82) is 0 Å². The van der Waals surface area contributed by atoms with Gasteiger partial charge in [0.1, 0.15) is 4.05 Å². The first-order chi connectivity index (χ1) is 7.79. The van der Waals surface area contributed by atoms with Crippen LogP contribution < -0.4 is 5.32 Å². The molecule has 0 saturated heterocycles. The predicted octanol–water partition coefficient (Wildman–Crippen LogP) is 3.36. The monoisotopic (exact) mass is 328 g/mol. The van der Waals surface area contributed by atoms with E-state index in [9.17, 15) is 0 Å². The third-order valence-corrected chi connectivity index (χ3v) is 3.79. The quantitative estimate of drug-likeness (QED) is 0.478. The zero-order valence-electron chi connectivity index (χ0n) is 9.49. The minimum Gasteiger partial charge on any atom is -0.365 e. The number of allylic oxidation sites excluding steroid dienone is 5. The molecule has 1 aliphatic carbocycles.